The highest BCUT2D eigenvalue weighted by atomic mass is 16.2. The fourth-order valence-electron chi connectivity index (χ4n) is 3.36. The maximum Gasteiger partial charge on any atom is 0.316 e. The average molecular weight is 380 g/mol. The number of rotatable bonds is 6. The lowest BCUT2D eigenvalue weighted by atomic mass is 10.1. The number of carbonyl (C=O) groups excluding carboxylic acids is 3. The van der Waals surface area contributed by atoms with Crippen molar-refractivity contribution in [3.8, 4) is 0 Å². The van der Waals surface area contributed by atoms with Gasteiger partial charge in [-0.2, -0.15) is 0 Å². The van der Waals surface area contributed by atoms with Crippen molar-refractivity contribution >= 4 is 29.2 Å². The second-order valence-corrected chi connectivity index (χ2v) is 6.92. The first-order valence-corrected chi connectivity index (χ1v) is 9.36. The Bertz CT molecular complexity index is 875. The van der Waals surface area contributed by atoms with E-state index in [4.69, 9.17) is 5.73 Å². The third kappa shape index (κ3) is 5.33. The second-order valence-electron chi connectivity index (χ2n) is 6.92. The summed E-state index contributed by atoms with van der Waals surface area (Å²) in [6, 6.07) is 13.3. The average Bonchev–Trinajstić information content (AvgIpc) is 3.21. The van der Waals surface area contributed by atoms with E-state index < -0.39 is 6.03 Å². The molecule has 1 saturated carbocycles. The number of hydrogen-bond donors (Lipinski definition) is 4. The lowest BCUT2D eigenvalue weighted by molar-refractivity contribution is -0.119. The van der Waals surface area contributed by atoms with Crippen LogP contribution in [0.4, 0.5) is 16.2 Å². The molecular weight excluding hydrogens is 356 g/mol. The fraction of sp³-hybridized carbons (Fsp3) is 0.286. The molecule has 7 heteroatoms. The summed E-state index contributed by atoms with van der Waals surface area (Å²) in [5.74, 6) is -0.101. The molecule has 0 aliphatic heterocycles. The molecule has 1 aliphatic rings. The molecule has 0 unspecified atom stereocenters. The van der Waals surface area contributed by atoms with Gasteiger partial charge in [-0.05, 0) is 48.7 Å². The van der Waals surface area contributed by atoms with Crippen LogP contribution in [0.5, 0.6) is 0 Å². The molecule has 0 saturated heterocycles. The van der Waals surface area contributed by atoms with Crippen molar-refractivity contribution in [1.29, 1.82) is 0 Å². The SMILES string of the molecule is NC(=O)Nc1cccc(C(=O)NCc2cccc(NC(=O)C3CCCC3)c2)c1. The minimum Gasteiger partial charge on any atom is -0.351 e. The molecule has 28 heavy (non-hydrogen) atoms. The van der Waals surface area contributed by atoms with Gasteiger partial charge in [0.25, 0.3) is 5.91 Å². The van der Waals surface area contributed by atoms with Gasteiger partial charge in [-0.15, -0.1) is 0 Å². The van der Waals surface area contributed by atoms with E-state index in [2.05, 4.69) is 16.0 Å². The van der Waals surface area contributed by atoms with Gasteiger partial charge in [-0.1, -0.05) is 31.0 Å². The molecule has 5 N–H and O–H groups in total. The number of nitrogens with one attached hydrogen (secondary N) is 3. The summed E-state index contributed by atoms with van der Waals surface area (Å²) in [6.45, 7) is 0.319. The Kier molecular flexibility index (Phi) is 6.26. The van der Waals surface area contributed by atoms with Crippen LogP contribution < -0.4 is 21.7 Å². The first-order chi connectivity index (χ1) is 13.5. The number of primary amides is 1. The number of nitrogens with two attached hydrogens (primary N) is 1. The van der Waals surface area contributed by atoms with E-state index in [0.717, 1.165) is 36.9 Å². The van der Waals surface area contributed by atoms with Gasteiger partial charge in [-0.3, -0.25) is 9.59 Å². The van der Waals surface area contributed by atoms with Crippen molar-refractivity contribution in [1.82, 2.24) is 5.32 Å². The molecule has 1 fully saturated rings. The Morgan fingerprint density at radius 1 is 0.929 bits per heavy atom. The topological polar surface area (TPSA) is 113 Å². The van der Waals surface area contributed by atoms with E-state index in [1.54, 1.807) is 24.3 Å². The van der Waals surface area contributed by atoms with Crippen LogP contribution >= 0.6 is 0 Å². The lowest BCUT2D eigenvalue weighted by Gasteiger charge is -2.12. The molecule has 0 radical (unpaired) electrons. The summed E-state index contributed by atoms with van der Waals surface area (Å²) in [6.07, 6.45) is 4.12. The molecule has 3 rings (SSSR count). The number of anilines is 2. The lowest BCUT2D eigenvalue weighted by Crippen LogP contribution is -2.24. The Morgan fingerprint density at radius 2 is 1.61 bits per heavy atom. The highest BCUT2D eigenvalue weighted by Crippen LogP contribution is 2.26. The van der Waals surface area contributed by atoms with Crippen molar-refractivity contribution in [2.45, 2.75) is 32.2 Å². The minimum atomic E-state index is -0.686. The number of urea groups is 1. The van der Waals surface area contributed by atoms with E-state index in [-0.39, 0.29) is 17.7 Å². The summed E-state index contributed by atoms with van der Waals surface area (Å²) in [5, 5.41) is 8.24. The van der Waals surface area contributed by atoms with Gasteiger partial charge in [0.05, 0.1) is 0 Å². The molecule has 0 bridgehead atoms. The molecule has 0 atom stereocenters. The van der Waals surface area contributed by atoms with Crippen molar-refractivity contribution in [2.75, 3.05) is 10.6 Å². The van der Waals surface area contributed by atoms with Crippen molar-refractivity contribution in [2.24, 2.45) is 11.7 Å². The van der Waals surface area contributed by atoms with Crippen LogP contribution in [0, 0.1) is 5.92 Å². The summed E-state index contributed by atoms with van der Waals surface area (Å²) in [4.78, 5) is 35.6. The first-order valence-electron chi connectivity index (χ1n) is 9.36. The van der Waals surface area contributed by atoms with Gasteiger partial charge >= 0.3 is 6.03 Å². The van der Waals surface area contributed by atoms with Gasteiger partial charge in [0.2, 0.25) is 5.91 Å². The quantitative estimate of drug-likeness (QED) is 0.617. The van der Waals surface area contributed by atoms with E-state index in [0.29, 0.717) is 17.8 Å². The predicted octanol–water partition coefficient (Wildman–Crippen LogP) is 3.24. The van der Waals surface area contributed by atoms with Crippen LogP contribution in [0.1, 0.15) is 41.6 Å². The monoisotopic (exact) mass is 380 g/mol. The van der Waals surface area contributed by atoms with Gasteiger partial charge in [-0.25, -0.2) is 4.79 Å². The molecule has 2 aromatic carbocycles. The Balaban J connectivity index is 1.57. The smallest absolute Gasteiger partial charge is 0.316 e. The fourth-order valence-corrected chi connectivity index (χ4v) is 3.36. The molecule has 2 aromatic rings. The standard InChI is InChI=1S/C21H24N4O3/c22-21(28)25-18-10-4-8-16(12-18)19(26)23-13-14-5-3-9-17(11-14)24-20(27)15-6-1-2-7-15/h3-5,8-12,15H,1-2,6-7,13H2,(H,23,26)(H,24,27)(H3,22,25,28). The summed E-state index contributed by atoms with van der Waals surface area (Å²) in [7, 11) is 0. The number of amides is 4. The van der Waals surface area contributed by atoms with Crippen molar-refractivity contribution in [3.63, 3.8) is 0 Å². The highest BCUT2D eigenvalue weighted by molar-refractivity contribution is 5.96. The zero-order chi connectivity index (χ0) is 19.9. The predicted molar refractivity (Wildman–Crippen MR) is 108 cm³/mol. The maximum atomic E-state index is 12.4. The molecule has 7 nitrogen and oxygen atoms in total. The van der Waals surface area contributed by atoms with Crippen LogP contribution in [0.25, 0.3) is 0 Å². The third-order valence-electron chi connectivity index (χ3n) is 4.77. The summed E-state index contributed by atoms with van der Waals surface area (Å²) >= 11 is 0. The highest BCUT2D eigenvalue weighted by Gasteiger charge is 2.22. The van der Waals surface area contributed by atoms with E-state index >= 15 is 0 Å². The largest absolute Gasteiger partial charge is 0.351 e. The van der Waals surface area contributed by atoms with Crippen LogP contribution in [0.3, 0.4) is 0 Å². The van der Waals surface area contributed by atoms with E-state index in [1.807, 2.05) is 24.3 Å². The Hall–Kier alpha value is -3.35. The summed E-state index contributed by atoms with van der Waals surface area (Å²) in [5.41, 5.74) is 7.57. The molecule has 146 valence electrons. The molecule has 4 amide bonds. The first kappa shape index (κ1) is 19.4. The Morgan fingerprint density at radius 3 is 2.32 bits per heavy atom. The van der Waals surface area contributed by atoms with Gasteiger partial charge in [0, 0.05) is 29.4 Å². The molecule has 0 aromatic heterocycles. The van der Waals surface area contributed by atoms with E-state index in [9.17, 15) is 14.4 Å². The molecule has 1 aliphatic carbocycles. The van der Waals surface area contributed by atoms with Gasteiger partial charge < -0.3 is 21.7 Å². The third-order valence-corrected chi connectivity index (χ3v) is 4.77. The van der Waals surface area contributed by atoms with Crippen molar-refractivity contribution in [3.05, 3.63) is 59.7 Å². The van der Waals surface area contributed by atoms with Crippen LogP contribution in [-0.4, -0.2) is 17.8 Å². The molecular formula is C21H24N4O3. The second kappa shape index (κ2) is 9.03. The zero-order valence-electron chi connectivity index (χ0n) is 15.5. The van der Waals surface area contributed by atoms with Crippen LogP contribution in [-0.2, 0) is 11.3 Å². The van der Waals surface area contributed by atoms with Gasteiger partial charge in [0.15, 0.2) is 0 Å². The number of hydrogen-bond acceptors (Lipinski definition) is 3. The zero-order valence-corrected chi connectivity index (χ0v) is 15.5. The van der Waals surface area contributed by atoms with Crippen LogP contribution in [0.15, 0.2) is 48.5 Å². The van der Waals surface area contributed by atoms with Gasteiger partial charge in [0.1, 0.15) is 0 Å². The maximum absolute atomic E-state index is 12.4. The van der Waals surface area contributed by atoms with Crippen molar-refractivity contribution < 1.29 is 14.4 Å². The molecule has 0 spiro atoms. The molecule has 0 heterocycles. The van der Waals surface area contributed by atoms with Crippen LogP contribution in [0.2, 0.25) is 0 Å². The number of benzene rings is 2. The normalized spacial score (nSPS) is 13.7. The van der Waals surface area contributed by atoms with E-state index in [1.165, 1.54) is 0 Å². The summed E-state index contributed by atoms with van der Waals surface area (Å²) < 4.78 is 0. The number of carbonyl (C=O) groups is 3. The Labute approximate surface area is 163 Å². The minimum absolute atomic E-state index is 0.0671.